The molecule has 1 amide bonds. The van der Waals surface area contributed by atoms with Crippen LogP contribution in [0.1, 0.15) is 31.7 Å². The fourth-order valence-corrected chi connectivity index (χ4v) is 2.95. The van der Waals surface area contributed by atoms with Gasteiger partial charge in [0.1, 0.15) is 12.4 Å². The first kappa shape index (κ1) is 19.0. The minimum absolute atomic E-state index is 0.0854. The van der Waals surface area contributed by atoms with E-state index in [1.807, 2.05) is 24.3 Å². The number of halogens is 1. The summed E-state index contributed by atoms with van der Waals surface area (Å²) in [4.78, 5) is 16.4. The van der Waals surface area contributed by atoms with Gasteiger partial charge in [0.25, 0.3) is 5.91 Å². The predicted molar refractivity (Wildman–Crippen MR) is 101 cm³/mol. The van der Waals surface area contributed by atoms with Gasteiger partial charge in [0.05, 0.1) is 19.3 Å². The molecule has 26 heavy (non-hydrogen) atoms. The summed E-state index contributed by atoms with van der Waals surface area (Å²) in [6.07, 6.45) is 4.33. The van der Waals surface area contributed by atoms with E-state index in [2.05, 4.69) is 31.3 Å². The van der Waals surface area contributed by atoms with Crippen LogP contribution in [0.25, 0.3) is 0 Å². The van der Waals surface area contributed by atoms with E-state index in [1.165, 1.54) is 0 Å². The smallest absolute Gasteiger partial charge is 0.255 e. The maximum Gasteiger partial charge on any atom is 0.255 e. The zero-order chi connectivity index (χ0) is 18.4. The molecule has 1 aromatic heterocycles. The van der Waals surface area contributed by atoms with Crippen LogP contribution in [0.2, 0.25) is 0 Å². The lowest BCUT2D eigenvalue weighted by Gasteiger charge is -2.23. The van der Waals surface area contributed by atoms with E-state index in [9.17, 15) is 4.79 Å². The molecule has 2 aromatic rings. The number of benzene rings is 1. The third kappa shape index (κ3) is 5.62. The van der Waals surface area contributed by atoms with E-state index in [-0.39, 0.29) is 18.0 Å². The van der Waals surface area contributed by atoms with Crippen LogP contribution >= 0.6 is 15.9 Å². The third-order valence-corrected chi connectivity index (χ3v) is 4.73. The highest BCUT2D eigenvalue weighted by molar-refractivity contribution is 9.10. The minimum Gasteiger partial charge on any atom is -0.376 e. The molecule has 1 aliphatic heterocycles. The Balaban J connectivity index is 1.46. The number of anilines is 1. The maximum atomic E-state index is 12.2. The summed E-state index contributed by atoms with van der Waals surface area (Å²) in [6, 6.07) is 7.97. The van der Waals surface area contributed by atoms with Crippen LogP contribution in [0.5, 0.6) is 0 Å². The lowest BCUT2D eigenvalue weighted by atomic mass is 10.1. The van der Waals surface area contributed by atoms with Gasteiger partial charge in [0.15, 0.2) is 0 Å². The van der Waals surface area contributed by atoms with Crippen molar-refractivity contribution in [2.75, 3.05) is 18.5 Å². The van der Waals surface area contributed by atoms with Crippen LogP contribution in [0.3, 0.4) is 0 Å². The van der Waals surface area contributed by atoms with Gasteiger partial charge >= 0.3 is 0 Å². The van der Waals surface area contributed by atoms with E-state index in [1.54, 1.807) is 17.9 Å². The first-order valence-electron chi connectivity index (χ1n) is 8.78. The Morgan fingerprint density at radius 2 is 2.23 bits per heavy atom. The van der Waals surface area contributed by atoms with Crippen molar-refractivity contribution in [3.63, 3.8) is 0 Å². The average Bonchev–Trinajstić information content (AvgIpc) is 3.09. The van der Waals surface area contributed by atoms with E-state index < -0.39 is 6.10 Å². The van der Waals surface area contributed by atoms with Crippen molar-refractivity contribution in [3.05, 3.63) is 40.6 Å². The number of carbonyl (C=O) groups is 1. The highest BCUT2D eigenvalue weighted by atomic mass is 79.9. The zero-order valence-electron chi connectivity index (χ0n) is 14.7. The van der Waals surface area contributed by atoms with Crippen LogP contribution in [0.15, 0.2) is 35.1 Å². The van der Waals surface area contributed by atoms with E-state index in [4.69, 9.17) is 9.47 Å². The Labute approximate surface area is 161 Å². The highest BCUT2D eigenvalue weighted by Crippen LogP contribution is 2.14. The Bertz CT molecular complexity index is 713. The van der Waals surface area contributed by atoms with Gasteiger partial charge < -0.3 is 9.47 Å². The topological polar surface area (TPSA) is 78.3 Å². The van der Waals surface area contributed by atoms with Crippen LogP contribution in [-0.2, 0) is 20.8 Å². The predicted octanol–water partition coefficient (Wildman–Crippen LogP) is 3.00. The summed E-state index contributed by atoms with van der Waals surface area (Å²) in [6.45, 7) is 3.51. The number of rotatable bonds is 7. The third-order valence-electron chi connectivity index (χ3n) is 4.20. The summed E-state index contributed by atoms with van der Waals surface area (Å²) in [5, 5.41) is 6.97. The van der Waals surface area contributed by atoms with E-state index >= 15 is 0 Å². The monoisotopic (exact) mass is 422 g/mol. The summed E-state index contributed by atoms with van der Waals surface area (Å²) in [5.41, 5.74) is 1.10. The van der Waals surface area contributed by atoms with Crippen LogP contribution in [0, 0.1) is 0 Å². The SMILES string of the molecule is CC(OCC1CCCCO1)C(=O)Nc1ncn(Cc2ccc(Br)cc2)n1. The van der Waals surface area contributed by atoms with Gasteiger partial charge in [-0.05, 0) is 43.9 Å². The van der Waals surface area contributed by atoms with Gasteiger partial charge in [-0.3, -0.25) is 10.1 Å². The number of hydrogen-bond acceptors (Lipinski definition) is 5. The van der Waals surface area contributed by atoms with E-state index in [0.29, 0.717) is 13.2 Å². The molecular formula is C18H23BrN4O3. The molecule has 8 heteroatoms. The largest absolute Gasteiger partial charge is 0.376 e. The van der Waals surface area contributed by atoms with Crippen molar-refractivity contribution in [2.45, 2.75) is 44.9 Å². The maximum absolute atomic E-state index is 12.2. The molecule has 1 saturated heterocycles. The number of hydrogen-bond donors (Lipinski definition) is 1. The Morgan fingerprint density at radius 3 is 2.96 bits per heavy atom. The molecule has 3 rings (SSSR count). The van der Waals surface area contributed by atoms with Gasteiger partial charge in [-0.2, -0.15) is 0 Å². The van der Waals surface area contributed by atoms with Gasteiger partial charge in [-0.15, -0.1) is 5.10 Å². The molecule has 0 spiro atoms. The molecule has 0 bridgehead atoms. The number of ether oxygens (including phenoxy) is 2. The first-order chi connectivity index (χ1) is 12.6. The van der Waals surface area contributed by atoms with E-state index in [0.717, 1.165) is 35.9 Å². The van der Waals surface area contributed by atoms with Crippen molar-refractivity contribution in [3.8, 4) is 0 Å². The second-order valence-corrected chi connectivity index (χ2v) is 7.26. The number of aromatic nitrogens is 3. The average molecular weight is 423 g/mol. The molecule has 1 aliphatic rings. The normalized spacial score (nSPS) is 18.5. The molecule has 7 nitrogen and oxygen atoms in total. The molecule has 1 aromatic carbocycles. The molecule has 2 unspecified atom stereocenters. The molecule has 2 heterocycles. The zero-order valence-corrected chi connectivity index (χ0v) is 16.3. The van der Waals surface area contributed by atoms with Crippen molar-refractivity contribution >= 4 is 27.8 Å². The summed E-state index contributed by atoms with van der Waals surface area (Å²) in [7, 11) is 0. The number of nitrogens with zero attached hydrogens (tertiary/aromatic N) is 3. The lowest BCUT2D eigenvalue weighted by molar-refractivity contribution is -0.130. The van der Waals surface area contributed by atoms with Crippen molar-refractivity contribution in [1.82, 2.24) is 14.8 Å². The lowest BCUT2D eigenvalue weighted by Crippen LogP contribution is -2.33. The minimum atomic E-state index is -0.584. The van der Waals surface area contributed by atoms with Crippen molar-refractivity contribution in [2.24, 2.45) is 0 Å². The van der Waals surface area contributed by atoms with Gasteiger partial charge in [-0.1, -0.05) is 28.1 Å². The molecule has 1 N–H and O–H groups in total. The number of amides is 1. The first-order valence-corrected chi connectivity index (χ1v) is 9.57. The molecule has 140 valence electrons. The number of carbonyl (C=O) groups excluding carboxylic acids is 1. The molecule has 1 fully saturated rings. The summed E-state index contributed by atoms with van der Waals surface area (Å²) >= 11 is 3.41. The van der Waals surface area contributed by atoms with Crippen LogP contribution in [-0.4, -0.2) is 46.1 Å². The second-order valence-electron chi connectivity index (χ2n) is 6.35. The molecule has 0 radical (unpaired) electrons. The molecular weight excluding hydrogens is 400 g/mol. The quantitative estimate of drug-likeness (QED) is 0.741. The second kappa shape index (κ2) is 9.25. The summed E-state index contributed by atoms with van der Waals surface area (Å²) in [5.74, 6) is 0.0127. The van der Waals surface area contributed by atoms with Crippen LogP contribution in [0.4, 0.5) is 5.95 Å². The standard InChI is InChI=1S/C18H23BrN4O3/c1-13(26-11-16-4-2-3-9-25-16)17(24)21-18-20-12-23(22-18)10-14-5-7-15(19)8-6-14/h5-8,12-13,16H,2-4,9-11H2,1H3,(H,21,22,24). The van der Waals surface area contributed by atoms with Gasteiger partial charge in [0, 0.05) is 11.1 Å². The fraction of sp³-hybridized carbons (Fsp3) is 0.500. The van der Waals surface area contributed by atoms with Gasteiger partial charge in [-0.25, -0.2) is 9.67 Å². The molecule has 0 aliphatic carbocycles. The fourth-order valence-electron chi connectivity index (χ4n) is 2.68. The van der Waals surface area contributed by atoms with Gasteiger partial charge in [0.2, 0.25) is 5.95 Å². The van der Waals surface area contributed by atoms with Crippen molar-refractivity contribution in [1.29, 1.82) is 0 Å². The summed E-state index contributed by atoms with van der Waals surface area (Å²) < 4.78 is 13.9. The van der Waals surface area contributed by atoms with Crippen LogP contribution < -0.4 is 5.32 Å². The Morgan fingerprint density at radius 1 is 1.42 bits per heavy atom. The molecule has 0 saturated carbocycles. The highest BCUT2D eigenvalue weighted by Gasteiger charge is 2.19. The molecule has 2 atom stereocenters. The Hall–Kier alpha value is -1.77. The van der Waals surface area contributed by atoms with Crippen molar-refractivity contribution < 1.29 is 14.3 Å². The Kier molecular flexibility index (Phi) is 6.76. The number of nitrogens with one attached hydrogen (secondary N) is 1.